The molecule has 0 saturated heterocycles. The molecule has 0 fully saturated rings. The second-order valence-electron chi connectivity index (χ2n) is 5.77. The first-order chi connectivity index (χ1) is 13.2. The molecule has 1 heterocycles. The van der Waals surface area contributed by atoms with Crippen LogP contribution in [0.1, 0.15) is 21.5 Å². The predicted octanol–water partition coefficient (Wildman–Crippen LogP) is 3.74. The minimum atomic E-state index is -0.289. The number of pyridine rings is 1. The summed E-state index contributed by atoms with van der Waals surface area (Å²) in [6, 6.07) is 17.1. The van der Waals surface area contributed by atoms with E-state index < -0.39 is 0 Å². The van der Waals surface area contributed by atoms with Crippen molar-refractivity contribution in [2.24, 2.45) is 0 Å². The van der Waals surface area contributed by atoms with Crippen LogP contribution in [0.2, 0.25) is 0 Å². The van der Waals surface area contributed by atoms with Crippen molar-refractivity contribution in [3.8, 4) is 11.6 Å². The Kier molecular flexibility index (Phi) is 5.99. The summed E-state index contributed by atoms with van der Waals surface area (Å²) < 4.78 is 24.3. The number of carbonyl (C=O) groups excluding carboxylic acids is 1. The number of carbonyl (C=O) groups is 1. The first-order valence-corrected chi connectivity index (χ1v) is 8.39. The van der Waals surface area contributed by atoms with Crippen molar-refractivity contribution in [2.75, 3.05) is 7.11 Å². The number of nitrogens with zero attached hydrogens (tertiary/aromatic N) is 1. The van der Waals surface area contributed by atoms with Crippen LogP contribution in [0.4, 0.5) is 4.39 Å². The maximum atomic E-state index is 13.6. The Morgan fingerprint density at radius 1 is 1.07 bits per heavy atom. The molecule has 0 saturated carbocycles. The number of halogens is 1. The molecule has 1 aromatic heterocycles. The highest BCUT2D eigenvalue weighted by Gasteiger charge is 2.12. The van der Waals surface area contributed by atoms with Gasteiger partial charge in [0.1, 0.15) is 23.7 Å². The number of hydrogen-bond acceptors (Lipinski definition) is 4. The third-order valence-corrected chi connectivity index (χ3v) is 3.94. The highest BCUT2D eigenvalue weighted by atomic mass is 19.1. The van der Waals surface area contributed by atoms with Crippen molar-refractivity contribution in [1.29, 1.82) is 0 Å². The standard InChI is InChI=1S/C21H19FN2O3/c1-26-21-18(6-4-12-23-21)20(25)24-13-15-8-10-17(11-9-15)27-14-16-5-2-3-7-19(16)22/h2-12H,13-14H2,1H3,(H,24,25). The molecular formula is C21H19FN2O3. The highest BCUT2D eigenvalue weighted by molar-refractivity contribution is 5.96. The van der Waals surface area contributed by atoms with Gasteiger partial charge in [-0.05, 0) is 35.9 Å². The molecule has 0 spiro atoms. The van der Waals surface area contributed by atoms with E-state index in [0.29, 0.717) is 23.4 Å². The van der Waals surface area contributed by atoms with Crippen molar-refractivity contribution in [2.45, 2.75) is 13.2 Å². The molecular weight excluding hydrogens is 347 g/mol. The van der Waals surface area contributed by atoms with Crippen LogP contribution in [0.25, 0.3) is 0 Å². The van der Waals surface area contributed by atoms with Crippen molar-refractivity contribution in [3.05, 3.63) is 89.4 Å². The van der Waals surface area contributed by atoms with Gasteiger partial charge in [-0.25, -0.2) is 9.37 Å². The lowest BCUT2D eigenvalue weighted by atomic mass is 10.2. The summed E-state index contributed by atoms with van der Waals surface area (Å²) in [5.41, 5.74) is 1.79. The van der Waals surface area contributed by atoms with Crippen LogP contribution < -0.4 is 14.8 Å². The smallest absolute Gasteiger partial charge is 0.257 e. The molecule has 1 N–H and O–H groups in total. The SMILES string of the molecule is COc1ncccc1C(=O)NCc1ccc(OCc2ccccc2F)cc1. The number of amides is 1. The second kappa shape index (κ2) is 8.80. The molecule has 0 atom stereocenters. The van der Waals surface area contributed by atoms with Gasteiger partial charge in [-0.3, -0.25) is 4.79 Å². The lowest BCUT2D eigenvalue weighted by Crippen LogP contribution is -2.23. The number of benzene rings is 2. The first kappa shape index (κ1) is 18.4. The summed E-state index contributed by atoms with van der Waals surface area (Å²) in [4.78, 5) is 16.3. The van der Waals surface area contributed by atoms with Gasteiger partial charge in [0.05, 0.1) is 7.11 Å². The Balaban J connectivity index is 1.55. The molecule has 1 amide bonds. The van der Waals surface area contributed by atoms with E-state index in [0.717, 1.165) is 5.56 Å². The van der Waals surface area contributed by atoms with E-state index in [1.165, 1.54) is 13.2 Å². The van der Waals surface area contributed by atoms with Gasteiger partial charge in [0.15, 0.2) is 0 Å². The molecule has 2 aromatic carbocycles. The molecule has 0 aliphatic rings. The normalized spacial score (nSPS) is 10.3. The van der Waals surface area contributed by atoms with Gasteiger partial charge in [-0.15, -0.1) is 0 Å². The Hall–Kier alpha value is -3.41. The van der Waals surface area contributed by atoms with Crippen LogP contribution in [0.5, 0.6) is 11.6 Å². The van der Waals surface area contributed by atoms with E-state index in [1.54, 1.807) is 48.7 Å². The number of methoxy groups -OCH3 is 1. The Bertz CT molecular complexity index is 913. The van der Waals surface area contributed by atoms with Crippen LogP contribution in [-0.4, -0.2) is 18.0 Å². The van der Waals surface area contributed by atoms with E-state index in [9.17, 15) is 9.18 Å². The lowest BCUT2D eigenvalue weighted by Gasteiger charge is -2.10. The maximum Gasteiger partial charge on any atom is 0.257 e. The van der Waals surface area contributed by atoms with Gasteiger partial charge in [-0.1, -0.05) is 30.3 Å². The highest BCUT2D eigenvalue weighted by Crippen LogP contribution is 2.16. The number of rotatable bonds is 7. The third kappa shape index (κ3) is 4.82. The molecule has 0 aliphatic heterocycles. The van der Waals surface area contributed by atoms with Gasteiger partial charge < -0.3 is 14.8 Å². The monoisotopic (exact) mass is 366 g/mol. The van der Waals surface area contributed by atoms with Gasteiger partial charge in [0.2, 0.25) is 5.88 Å². The summed E-state index contributed by atoms with van der Waals surface area (Å²) in [6.45, 7) is 0.508. The van der Waals surface area contributed by atoms with E-state index in [2.05, 4.69) is 10.3 Å². The van der Waals surface area contributed by atoms with Crippen molar-refractivity contribution in [1.82, 2.24) is 10.3 Å². The molecule has 27 heavy (non-hydrogen) atoms. The van der Waals surface area contributed by atoms with Gasteiger partial charge in [0, 0.05) is 18.3 Å². The van der Waals surface area contributed by atoms with Crippen LogP contribution in [0.15, 0.2) is 66.9 Å². The number of nitrogens with one attached hydrogen (secondary N) is 1. The largest absolute Gasteiger partial charge is 0.489 e. The Labute approximate surface area is 156 Å². The van der Waals surface area contributed by atoms with E-state index >= 15 is 0 Å². The quantitative estimate of drug-likeness (QED) is 0.692. The van der Waals surface area contributed by atoms with E-state index in [1.807, 2.05) is 12.1 Å². The zero-order chi connectivity index (χ0) is 19.1. The third-order valence-electron chi connectivity index (χ3n) is 3.94. The molecule has 3 rings (SSSR count). The molecule has 6 heteroatoms. The molecule has 0 bridgehead atoms. The average molecular weight is 366 g/mol. The molecule has 138 valence electrons. The summed E-state index contributed by atoms with van der Waals surface area (Å²) in [5.74, 6) is 0.358. The van der Waals surface area contributed by atoms with Crippen molar-refractivity contribution >= 4 is 5.91 Å². The van der Waals surface area contributed by atoms with E-state index in [4.69, 9.17) is 9.47 Å². The number of ether oxygens (including phenoxy) is 2. The van der Waals surface area contributed by atoms with Crippen LogP contribution >= 0.6 is 0 Å². The van der Waals surface area contributed by atoms with Crippen LogP contribution in [-0.2, 0) is 13.2 Å². The molecule has 0 unspecified atom stereocenters. The van der Waals surface area contributed by atoms with Crippen LogP contribution in [0.3, 0.4) is 0 Å². The van der Waals surface area contributed by atoms with Gasteiger partial charge in [0.25, 0.3) is 5.91 Å². The predicted molar refractivity (Wildman–Crippen MR) is 99.1 cm³/mol. The van der Waals surface area contributed by atoms with Crippen LogP contribution in [0, 0.1) is 5.82 Å². The Morgan fingerprint density at radius 2 is 1.85 bits per heavy atom. The van der Waals surface area contributed by atoms with Gasteiger partial charge in [-0.2, -0.15) is 0 Å². The Morgan fingerprint density at radius 3 is 2.59 bits per heavy atom. The second-order valence-corrected chi connectivity index (χ2v) is 5.77. The van der Waals surface area contributed by atoms with Gasteiger partial charge >= 0.3 is 0 Å². The molecule has 0 radical (unpaired) electrons. The summed E-state index contributed by atoms with van der Waals surface area (Å²) in [6.07, 6.45) is 1.57. The fraction of sp³-hybridized carbons (Fsp3) is 0.143. The average Bonchev–Trinajstić information content (AvgIpc) is 2.72. The van der Waals surface area contributed by atoms with Crippen molar-refractivity contribution in [3.63, 3.8) is 0 Å². The fourth-order valence-electron chi connectivity index (χ4n) is 2.48. The topological polar surface area (TPSA) is 60.5 Å². The fourth-order valence-corrected chi connectivity index (χ4v) is 2.48. The lowest BCUT2D eigenvalue weighted by molar-refractivity contribution is 0.0947. The molecule has 3 aromatic rings. The summed E-state index contributed by atoms with van der Waals surface area (Å²) in [5, 5.41) is 2.83. The first-order valence-electron chi connectivity index (χ1n) is 8.39. The van der Waals surface area contributed by atoms with E-state index in [-0.39, 0.29) is 24.2 Å². The summed E-state index contributed by atoms with van der Waals surface area (Å²) >= 11 is 0. The van der Waals surface area contributed by atoms with Crippen molar-refractivity contribution < 1.29 is 18.7 Å². The number of hydrogen-bond donors (Lipinski definition) is 1. The zero-order valence-electron chi connectivity index (χ0n) is 14.8. The minimum absolute atomic E-state index is 0.156. The molecule has 5 nitrogen and oxygen atoms in total. The number of aromatic nitrogens is 1. The minimum Gasteiger partial charge on any atom is -0.489 e. The maximum absolute atomic E-state index is 13.6. The molecule has 0 aliphatic carbocycles. The zero-order valence-corrected chi connectivity index (χ0v) is 14.8. The summed E-state index contributed by atoms with van der Waals surface area (Å²) in [7, 11) is 1.47.